The van der Waals surface area contributed by atoms with Crippen LogP contribution in [-0.2, 0) is 22.7 Å². The topological polar surface area (TPSA) is 67.9 Å². The third-order valence-corrected chi connectivity index (χ3v) is 5.22. The van der Waals surface area contributed by atoms with Gasteiger partial charge in [0.25, 0.3) is 0 Å². The molecule has 1 atom stereocenters. The number of hydrogen-bond donors (Lipinski definition) is 1. The van der Waals surface area contributed by atoms with Crippen LogP contribution in [0.1, 0.15) is 29.7 Å². The highest BCUT2D eigenvalue weighted by atomic mass is 16.5. The lowest BCUT2D eigenvalue weighted by molar-refractivity contribution is -0.140. The highest BCUT2D eigenvalue weighted by Gasteiger charge is 2.29. The van der Waals surface area contributed by atoms with E-state index in [1.807, 2.05) is 78.9 Å². The molecule has 0 heterocycles. The second kappa shape index (κ2) is 11.0. The molecule has 0 saturated heterocycles. The molecule has 0 saturated carbocycles. The van der Waals surface area contributed by atoms with Crippen molar-refractivity contribution in [1.82, 2.24) is 10.2 Å². The van der Waals surface area contributed by atoms with Gasteiger partial charge >= 0.3 is 0 Å². The van der Waals surface area contributed by atoms with Gasteiger partial charge in [0.05, 0.1) is 14.2 Å². The average molecular weight is 433 g/mol. The van der Waals surface area contributed by atoms with Gasteiger partial charge in [0.15, 0.2) is 0 Å². The van der Waals surface area contributed by atoms with Crippen LogP contribution in [0, 0.1) is 0 Å². The summed E-state index contributed by atoms with van der Waals surface area (Å²) in [5.74, 6) is 1.06. The minimum Gasteiger partial charge on any atom is -0.497 e. The number of nitrogens with zero attached hydrogens (tertiary/aromatic N) is 1. The largest absolute Gasteiger partial charge is 0.497 e. The Hall–Kier alpha value is -3.80. The zero-order chi connectivity index (χ0) is 22.9. The van der Waals surface area contributed by atoms with Crippen LogP contribution in [0.5, 0.6) is 11.5 Å². The van der Waals surface area contributed by atoms with Gasteiger partial charge in [0.2, 0.25) is 11.8 Å². The predicted octanol–water partition coefficient (Wildman–Crippen LogP) is 4.11. The van der Waals surface area contributed by atoms with Gasteiger partial charge in [-0.25, -0.2) is 0 Å². The summed E-state index contributed by atoms with van der Waals surface area (Å²) >= 11 is 0. The summed E-state index contributed by atoms with van der Waals surface area (Å²) in [6.45, 7) is 2.13. The summed E-state index contributed by atoms with van der Waals surface area (Å²) in [6.07, 6.45) is 0. The van der Waals surface area contributed by atoms with Crippen molar-refractivity contribution in [2.24, 2.45) is 0 Å². The molecule has 0 fully saturated rings. The number of rotatable bonds is 9. The Bertz CT molecular complexity index is 1020. The highest BCUT2D eigenvalue weighted by molar-refractivity contribution is 5.88. The zero-order valence-corrected chi connectivity index (χ0v) is 18.6. The van der Waals surface area contributed by atoms with Crippen LogP contribution in [0.25, 0.3) is 0 Å². The SMILES string of the molecule is COc1ccc(CNC(=O)[C@H](c2ccccc2)N(Cc2ccc(OC)cc2)C(C)=O)cc1. The highest BCUT2D eigenvalue weighted by Crippen LogP contribution is 2.25. The molecule has 0 aromatic heterocycles. The van der Waals surface area contributed by atoms with Crippen molar-refractivity contribution >= 4 is 11.8 Å². The molecule has 0 aliphatic rings. The fraction of sp³-hybridized carbons (Fsp3) is 0.231. The molecule has 166 valence electrons. The van der Waals surface area contributed by atoms with E-state index in [4.69, 9.17) is 9.47 Å². The summed E-state index contributed by atoms with van der Waals surface area (Å²) in [5, 5.41) is 2.98. The standard InChI is InChI=1S/C26H28N2O4/c1-19(29)28(18-21-11-15-24(32-3)16-12-21)25(22-7-5-4-6-8-22)26(30)27-17-20-9-13-23(31-2)14-10-20/h4-16,25H,17-18H2,1-3H3,(H,27,30)/t25-/m0/s1. The van der Waals surface area contributed by atoms with E-state index >= 15 is 0 Å². The van der Waals surface area contributed by atoms with Crippen molar-refractivity contribution in [3.05, 3.63) is 95.6 Å². The molecule has 0 radical (unpaired) electrons. The quantitative estimate of drug-likeness (QED) is 0.553. The van der Waals surface area contributed by atoms with Crippen LogP contribution < -0.4 is 14.8 Å². The molecule has 3 aromatic carbocycles. The Morgan fingerprint density at radius 2 is 1.34 bits per heavy atom. The molecule has 2 amide bonds. The Balaban J connectivity index is 1.83. The van der Waals surface area contributed by atoms with Crippen molar-refractivity contribution in [2.45, 2.75) is 26.1 Å². The van der Waals surface area contributed by atoms with E-state index in [1.165, 1.54) is 6.92 Å². The van der Waals surface area contributed by atoms with E-state index in [0.29, 0.717) is 13.1 Å². The smallest absolute Gasteiger partial charge is 0.247 e. The first-order valence-corrected chi connectivity index (χ1v) is 10.4. The van der Waals surface area contributed by atoms with E-state index in [-0.39, 0.29) is 11.8 Å². The summed E-state index contributed by atoms with van der Waals surface area (Å²) in [5.41, 5.74) is 2.60. The fourth-order valence-corrected chi connectivity index (χ4v) is 3.45. The second-order valence-electron chi connectivity index (χ2n) is 7.37. The molecule has 0 spiro atoms. The third kappa shape index (κ3) is 5.88. The lowest BCUT2D eigenvalue weighted by Gasteiger charge is -2.30. The number of amides is 2. The zero-order valence-electron chi connectivity index (χ0n) is 18.6. The lowest BCUT2D eigenvalue weighted by Crippen LogP contribution is -2.42. The molecule has 1 N–H and O–H groups in total. The molecule has 0 aliphatic carbocycles. The van der Waals surface area contributed by atoms with Gasteiger partial charge in [0.1, 0.15) is 17.5 Å². The van der Waals surface area contributed by atoms with Crippen molar-refractivity contribution < 1.29 is 19.1 Å². The van der Waals surface area contributed by atoms with Gasteiger partial charge in [0, 0.05) is 20.0 Å². The van der Waals surface area contributed by atoms with Crippen LogP contribution >= 0.6 is 0 Å². The summed E-state index contributed by atoms with van der Waals surface area (Å²) < 4.78 is 10.4. The fourth-order valence-electron chi connectivity index (χ4n) is 3.45. The van der Waals surface area contributed by atoms with Gasteiger partial charge in [-0.15, -0.1) is 0 Å². The van der Waals surface area contributed by atoms with Crippen molar-refractivity contribution in [1.29, 1.82) is 0 Å². The van der Waals surface area contributed by atoms with Gasteiger partial charge in [-0.3, -0.25) is 9.59 Å². The second-order valence-corrected chi connectivity index (χ2v) is 7.37. The summed E-state index contributed by atoms with van der Waals surface area (Å²) in [4.78, 5) is 27.6. The molecule has 32 heavy (non-hydrogen) atoms. The third-order valence-electron chi connectivity index (χ3n) is 5.22. The molecular formula is C26H28N2O4. The Labute approximate surface area is 188 Å². The van der Waals surface area contributed by atoms with Crippen molar-refractivity contribution in [3.63, 3.8) is 0 Å². The summed E-state index contributed by atoms with van der Waals surface area (Å²) in [6, 6.07) is 23.6. The Morgan fingerprint density at radius 1 is 0.812 bits per heavy atom. The molecule has 0 bridgehead atoms. The number of methoxy groups -OCH3 is 2. The van der Waals surface area contributed by atoms with Gasteiger partial charge in [-0.1, -0.05) is 54.6 Å². The molecule has 6 nitrogen and oxygen atoms in total. The molecule has 0 aliphatic heterocycles. The first-order chi connectivity index (χ1) is 15.5. The predicted molar refractivity (Wildman–Crippen MR) is 123 cm³/mol. The van der Waals surface area contributed by atoms with Crippen LogP contribution in [0.2, 0.25) is 0 Å². The van der Waals surface area contributed by atoms with E-state index < -0.39 is 6.04 Å². The molecule has 6 heteroatoms. The van der Waals surface area contributed by atoms with Crippen molar-refractivity contribution in [3.8, 4) is 11.5 Å². The number of benzene rings is 3. The molecule has 0 unspecified atom stereocenters. The monoisotopic (exact) mass is 432 g/mol. The van der Waals surface area contributed by atoms with Gasteiger partial charge in [-0.2, -0.15) is 0 Å². The van der Waals surface area contributed by atoms with Crippen LogP contribution in [0.15, 0.2) is 78.9 Å². The van der Waals surface area contributed by atoms with Gasteiger partial charge < -0.3 is 19.7 Å². The number of carbonyl (C=O) groups excluding carboxylic acids is 2. The Kier molecular flexibility index (Phi) is 7.86. The minimum atomic E-state index is -0.756. The van der Waals surface area contributed by atoms with Crippen molar-refractivity contribution in [2.75, 3.05) is 14.2 Å². The van der Waals surface area contributed by atoms with Gasteiger partial charge in [-0.05, 0) is 41.0 Å². The maximum Gasteiger partial charge on any atom is 0.247 e. The Morgan fingerprint density at radius 3 is 1.84 bits per heavy atom. The summed E-state index contributed by atoms with van der Waals surface area (Å²) in [7, 11) is 3.22. The van der Waals surface area contributed by atoms with E-state index in [9.17, 15) is 9.59 Å². The van der Waals surface area contributed by atoms with E-state index in [1.54, 1.807) is 19.1 Å². The minimum absolute atomic E-state index is 0.186. The molecule has 3 aromatic rings. The lowest BCUT2D eigenvalue weighted by atomic mass is 10.0. The van der Waals surface area contributed by atoms with Crippen LogP contribution in [-0.4, -0.2) is 30.9 Å². The first kappa shape index (κ1) is 22.9. The maximum absolute atomic E-state index is 13.3. The molecular weight excluding hydrogens is 404 g/mol. The number of carbonyl (C=O) groups is 2. The van der Waals surface area contributed by atoms with E-state index in [0.717, 1.165) is 28.2 Å². The van der Waals surface area contributed by atoms with Crippen LogP contribution in [0.4, 0.5) is 0 Å². The first-order valence-electron chi connectivity index (χ1n) is 10.4. The number of nitrogens with one attached hydrogen (secondary N) is 1. The van der Waals surface area contributed by atoms with E-state index in [2.05, 4.69) is 5.32 Å². The average Bonchev–Trinajstić information content (AvgIpc) is 2.83. The van der Waals surface area contributed by atoms with Crippen LogP contribution in [0.3, 0.4) is 0 Å². The maximum atomic E-state index is 13.3. The number of hydrogen-bond acceptors (Lipinski definition) is 4. The number of ether oxygens (including phenoxy) is 2. The normalized spacial score (nSPS) is 11.3. The molecule has 3 rings (SSSR count).